The van der Waals surface area contributed by atoms with Crippen molar-refractivity contribution in [3.63, 3.8) is 0 Å². The lowest BCUT2D eigenvalue weighted by molar-refractivity contribution is -0.122. The van der Waals surface area contributed by atoms with E-state index < -0.39 is 0 Å². The fraction of sp³-hybridized carbons (Fsp3) is 0.300. The van der Waals surface area contributed by atoms with E-state index >= 15 is 0 Å². The largest absolute Gasteiger partial charge is 0.508 e. The third-order valence-electron chi connectivity index (χ3n) is 4.91. The van der Waals surface area contributed by atoms with Gasteiger partial charge in [0.05, 0.1) is 0 Å². The van der Waals surface area contributed by atoms with E-state index in [1.807, 2.05) is 30.5 Å². The van der Waals surface area contributed by atoms with Crippen molar-refractivity contribution < 1.29 is 15.0 Å². The van der Waals surface area contributed by atoms with Gasteiger partial charge < -0.3 is 15.2 Å². The monoisotopic (exact) mass is 387 g/mol. The summed E-state index contributed by atoms with van der Waals surface area (Å²) in [5, 5.41) is 18.2. The molecule has 0 radical (unpaired) electrons. The molecule has 1 aliphatic rings. The minimum absolute atomic E-state index is 0.250. The van der Waals surface area contributed by atoms with Crippen LogP contribution in [-0.2, 0) is 11.3 Å². The number of phenols is 1. The quantitative estimate of drug-likeness (QED) is 0.467. The van der Waals surface area contributed by atoms with Crippen molar-refractivity contribution >= 4 is 29.1 Å². The van der Waals surface area contributed by atoms with Crippen molar-refractivity contribution in [2.75, 3.05) is 13.1 Å². The van der Waals surface area contributed by atoms with Crippen LogP contribution in [0.2, 0.25) is 5.15 Å². The number of aromatic hydroxyl groups is 1. The average molecular weight is 388 g/mol. The van der Waals surface area contributed by atoms with Gasteiger partial charge >= 0.3 is 0 Å². The van der Waals surface area contributed by atoms with Crippen LogP contribution in [0, 0.1) is 0 Å². The van der Waals surface area contributed by atoms with E-state index in [0.29, 0.717) is 16.8 Å². The molecule has 1 fully saturated rings. The van der Waals surface area contributed by atoms with Gasteiger partial charge in [0, 0.05) is 18.1 Å². The number of carbonyl (C=O) groups is 1. The van der Waals surface area contributed by atoms with E-state index in [1.54, 1.807) is 6.07 Å². The van der Waals surface area contributed by atoms with Gasteiger partial charge in [0.2, 0.25) is 0 Å². The predicted molar refractivity (Wildman–Crippen MR) is 105 cm³/mol. The first-order valence-corrected chi connectivity index (χ1v) is 9.20. The Bertz CT molecular complexity index is 904. The standard InChI is InChI=1S/C19H20ClN3O.CH2O2/c20-18-5-4-17-15(11-21-19(17)22-18)12-23-8-6-13(7-9-23)14-2-1-3-16(24)10-14;2-1-3/h1-5,10-11,13,24H,6-9,12H2,(H,21,22);1H,(H,2,3). The van der Waals surface area contributed by atoms with Crippen LogP contribution in [0.1, 0.15) is 29.9 Å². The number of phenolic OH excluding ortho intramolecular Hbond substituents is 1. The smallest absolute Gasteiger partial charge is 0.290 e. The number of fused-ring (bicyclic) bond motifs is 1. The van der Waals surface area contributed by atoms with Crippen LogP contribution in [0.3, 0.4) is 0 Å². The molecule has 4 rings (SSSR count). The van der Waals surface area contributed by atoms with Crippen molar-refractivity contribution in [1.82, 2.24) is 14.9 Å². The molecule has 0 amide bonds. The molecule has 0 atom stereocenters. The number of likely N-dealkylation sites (tertiary alicyclic amines) is 1. The highest BCUT2D eigenvalue weighted by molar-refractivity contribution is 6.29. The van der Waals surface area contributed by atoms with Gasteiger partial charge in [-0.3, -0.25) is 9.69 Å². The molecule has 6 nitrogen and oxygen atoms in total. The van der Waals surface area contributed by atoms with E-state index in [1.165, 1.54) is 11.1 Å². The summed E-state index contributed by atoms with van der Waals surface area (Å²) in [6.45, 7) is 2.80. The molecule has 1 aromatic carbocycles. The Labute approximate surface area is 162 Å². The Morgan fingerprint density at radius 3 is 2.70 bits per heavy atom. The predicted octanol–water partition coefficient (Wildman–Crippen LogP) is 4.00. The maximum atomic E-state index is 9.66. The molecular formula is C20H22ClN3O3. The Kier molecular flexibility index (Phi) is 6.32. The molecule has 3 N–H and O–H groups in total. The molecule has 3 heterocycles. The Balaban J connectivity index is 0.000000659. The number of hydrogen-bond acceptors (Lipinski definition) is 4. The zero-order valence-electron chi connectivity index (χ0n) is 14.8. The van der Waals surface area contributed by atoms with Crippen molar-refractivity contribution in [2.45, 2.75) is 25.3 Å². The van der Waals surface area contributed by atoms with E-state index in [9.17, 15) is 5.11 Å². The van der Waals surface area contributed by atoms with E-state index in [-0.39, 0.29) is 6.47 Å². The molecule has 27 heavy (non-hydrogen) atoms. The number of H-pyrrole nitrogens is 1. The number of hydrogen-bond donors (Lipinski definition) is 3. The number of pyridine rings is 1. The number of benzene rings is 1. The number of aromatic amines is 1. The number of rotatable bonds is 3. The topological polar surface area (TPSA) is 89.5 Å². The highest BCUT2D eigenvalue weighted by atomic mass is 35.5. The van der Waals surface area contributed by atoms with Crippen LogP contribution >= 0.6 is 11.6 Å². The lowest BCUT2D eigenvalue weighted by Gasteiger charge is -2.32. The van der Waals surface area contributed by atoms with E-state index in [4.69, 9.17) is 21.5 Å². The summed E-state index contributed by atoms with van der Waals surface area (Å²) >= 11 is 5.95. The van der Waals surface area contributed by atoms with Gasteiger partial charge in [0.25, 0.3) is 6.47 Å². The molecule has 0 saturated carbocycles. The molecule has 2 aromatic heterocycles. The van der Waals surface area contributed by atoms with Crippen LogP contribution in [0.5, 0.6) is 5.75 Å². The second-order valence-corrected chi connectivity index (χ2v) is 6.98. The summed E-state index contributed by atoms with van der Waals surface area (Å²) in [7, 11) is 0. The molecule has 142 valence electrons. The van der Waals surface area contributed by atoms with Gasteiger partial charge in [-0.15, -0.1) is 0 Å². The van der Waals surface area contributed by atoms with Crippen LogP contribution in [0.15, 0.2) is 42.6 Å². The van der Waals surface area contributed by atoms with Crippen LogP contribution < -0.4 is 0 Å². The maximum Gasteiger partial charge on any atom is 0.290 e. The molecule has 0 spiro atoms. The molecule has 3 aromatic rings. The molecule has 0 aliphatic carbocycles. The first kappa shape index (κ1) is 19.2. The summed E-state index contributed by atoms with van der Waals surface area (Å²) in [5.41, 5.74) is 3.37. The zero-order valence-corrected chi connectivity index (χ0v) is 15.6. The second-order valence-electron chi connectivity index (χ2n) is 6.59. The summed E-state index contributed by atoms with van der Waals surface area (Å²) in [5.74, 6) is 0.900. The molecule has 1 saturated heterocycles. The third-order valence-corrected chi connectivity index (χ3v) is 5.12. The molecular weight excluding hydrogens is 366 g/mol. The first-order valence-electron chi connectivity index (χ1n) is 8.82. The molecule has 0 bridgehead atoms. The highest BCUT2D eigenvalue weighted by Crippen LogP contribution is 2.31. The summed E-state index contributed by atoms with van der Waals surface area (Å²) in [4.78, 5) is 18.4. The zero-order chi connectivity index (χ0) is 19.2. The fourth-order valence-corrected chi connectivity index (χ4v) is 3.76. The number of carboxylic acid groups (broad SMARTS) is 1. The van der Waals surface area contributed by atoms with Gasteiger partial charge in [-0.25, -0.2) is 4.98 Å². The number of piperidine rings is 1. The van der Waals surface area contributed by atoms with Crippen LogP contribution in [0.4, 0.5) is 0 Å². The Morgan fingerprint density at radius 2 is 2.00 bits per heavy atom. The molecule has 0 unspecified atom stereocenters. The Hall–Kier alpha value is -2.57. The number of nitrogens with zero attached hydrogens (tertiary/aromatic N) is 2. The lowest BCUT2D eigenvalue weighted by atomic mass is 9.89. The van der Waals surface area contributed by atoms with Crippen molar-refractivity contribution in [2.24, 2.45) is 0 Å². The Morgan fingerprint density at radius 1 is 1.26 bits per heavy atom. The minimum Gasteiger partial charge on any atom is -0.508 e. The van der Waals surface area contributed by atoms with Gasteiger partial charge in [-0.05, 0) is 67.2 Å². The van der Waals surface area contributed by atoms with E-state index in [0.717, 1.165) is 43.5 Å². The fourth-order valence-electron chi connectivity index (χ4n) is 3.61. The normalized spacial score (nSPS) is 15.3. The van der Waals surface area contributed by atoms with Gasteiger partial charge in [-0.1, -0.05) is 23.7 Å². The van der Waals surface area contributed by atoms with Gasteiger partial charge in [-0.2, -0.15) is 0 Å². The van der Waals surface area contributed by atoms with Crippen molar-refractivity contribution in [3.8, 4) is 5.75 Å². The lowest BCUT2D eigenvalue weighted by Crippen LogP contribution is -2.32. The molecule has 7 heteroatoms. The molecule has 1 aliphatic heterocycles. The number of halogens is 1. The number of nitrogens with one attached hydrogen (secondary N) is 1. The minimum atomic E-state index is -0.250. The van der Waals surface area contributed by atoms with Crippen LogP contribution in [-0.4, -0.2) is 44.6 Å². The highest BCUT2D eigenvalue weighted by Gasteiger charge is 2.21. The number of aromatic nitrogens is 2. The van der Waals surface area contributed by atoms with Gasteiger partial charge in [0.1, 0.15) is 16.5 Å². The average Bonchev–Trinajstić information content (AvgIpc) is 3.05. The summed E-state index contributed by atoms with van der Waals surface area (Å²) in [6, 6.07) is 11.6. The van der Waals surface area contributed by atoms with Crippen molar-refractivity contribution in [3.05, 3.63) is 58.9 Å². The first-order chi connectivity index (χ1) is 13.1. The van der Waals surface area contributed by atoms with Crippen molar-refractivity contribution in [1.29, 1.82) is 0 Å². The third kappa shape index (κ3) is 4.78. The second kappa shape index (κ2) is 8.88. The SMILES string of the molecule is O=CO.Oc1cccc(C2CCN(Cc3c[nH]c4nc(Cl)ccc34)CC2)c1. The van der Waals surface area contributed by atoms with Crippen LogP contribution in [0.25, 0.3) is 11.0 Å². The van der Waals surface area contributed by atoms with E-state index in [2.05, 4.69) is 20.9 Å². The summed E-state index contributed by atoms with van der Waals surface area (Å²) < 4.78 is 0. The van der Waals surface area contributed by atoms with Gasteiger partial charge in [0.15, 0.2) is 0 Å². The maximum absolute atomic E-state index is 9.66. The summed E-state index contributed by atoms with van der Waals surface area (Å²) in [6.07, 6.45) is 4.28.